The fraction of sp³-hybridized carbons (Fsp3) is 0.385. The van der Waals surface area contributed by atoms with Crippen molar-refractivity contribution >= 4 is 22.8 Å². The van der Waals surface area contributed by atoms with Gasteiger partial charge in [0.15, 0.2) is 6.04 Å². The minimum atomic E-state index is -0.423. The first kappa shape index (κ1) is 12.2. The van der Waals surface area contributed by atoms with Gasteiger partial charge in [0.1, 0.15) is 0 Å². The summed E-state index contributed by atoms with van der Waals surface area (Å²) in [6, 6.07) is 9.48. The third-order valence-electron chi connectivity index (χ3n) is 2.71. The highest BCUT2D eigenvalue weighted by atomic mass is 32.2. The summed E-state index contributed by atoms with van der Waals surface area (Å²) in [4.78, 5) is 16.2. The lowest BCUT2D eigenvalue weighted by molar-refractivity contribution is -0.142. The fourth-order valence-electron chi connectivity index (χ4n) is 1.77. The van der Waals surface area contributed by atoms with Gasteiger partial charge in [-0.25, -0.2) is 4.79 Å². The van der Waals surface area contributed by atoms with Gasteiger partial charge in [-0.1, -0.05) is 42.1 Å². The van der Waals surface area contributed by atoms with Gasteiger partial charge in [-0.3, -0.25) is 4.99 Å². The van der Waals surface area contributed by atoms with E-state index in [1.807, 2.05) is 44.2 Å². The Kier molecular flexibility index (Phi) is 3.24. The summed E-state index contributed by atoms with van der Waals surface area (Å²) in [5, 5.41) is 0.908. The summed E-state index contributed by atoms with van der Waals surface area (Å²) < 4.78 is 4.54. The van der Waals surface area contributed by atoms with E-state index >= 15 is 0 Å². The molecular weight excluding hydrogens is 234 g/mol. The second kappa shape index (κ2) is 4.53. The van der Waals surface area contributed by atoms with E-state index in [0.29, 0.717) is 0 Å². The Morgan fingerprint density at radius 3 is 2.59 bits per heavy atom. The lowest BCUT2D eigenvalue weighted by Crippen LogP contribution is -2.35. The number of aliphatic imine (C=N–C) groups is 1. The van der Waals surface area contributed by atoms with E-state index in [1.165, 1.54) is 7.11 Å². The number of benzene rings is 1. The van der Waals surface area contributed by atoms with Crippen molar-refractivity contribution in [3.63, 3.8) is 0 Å². The molecule has 1 aliphatic rings. The summed E-state index contributed by atoms with van der Waals surface area (Å²) in [7, 11) is 1.40. The van der Waals surface area contributed by atoms with E-state index in [9.17, 15) is 4.79 Å². The Morgan fingerprint density at radius 1 is 1.35 bits per heavy atom. The molecule has 1 aliphatic heterocycles. The summed E-state index contributed by atoms with van der Waals surface area (Å²) in [6.07, 6.45) is 0. The largest absolute Gasteiger partial charge is 0.467 e. The molecule has 90 valence electrons. The highest BCUT2D eigenvalue weighted by molar-refractivity contribution is 8.15. The Labute approximate surface area is 105 Å². The minimum absolute atomic E-state index is 0.252. The van der Waals surface area contributed by atoms with Crippen molar-refractivity contribution in [1.82, 2.24) is 0 Å². The molecule has 0 radical (unpaired) electrons. The quantitative estimate of drug-likeness (QED) is 0.756. The molecule has 4 heteroatoms. The number of methoxy groups -OCH3 is 1. The number of thioether (sulfide) groups is 1. The van der Waals surface area contributed by atoms with Gasteiger partial charge in [-0.2, -0.15) is 0 Å². The number of hydrogen-bond donors (Lipinski definition) is 0. The molecular formula is C13H15NO2S. The van der Waals surface area contributed by atoms with Crippen molar-refractivity contribution < 1.29 is 9.53 Å². The van der Waals surface area contributed by atoms with Crippen LogP contribution < -0.4 is 0 Å². The zero-order chi connectivity index (χ0) is 12.5. The molecule has 0 aromatic heterocycles. The SMILES string of the molecule is COC(=O)[C@@H]1N=C(c2ccccc2)SC1(C)C. The number of carbonyl (C=O) groups is 1. The molecule has 2 rings (SSSR count). The zero-order valence-electron chi connectivity index (χ0n) is 10.1. The van der Waals surface area contributed by atoms with Gasteiger partial charge in [0.05, 0.1) is 12.2 Å². The second-order valence-corrected chi connectivity index (χ2v) is 6.07. The molecule has 1 atom stereocenters. The molecule has 0 N–H and O–H groups in total. The summed E-state index contributed by atoms with van der Waals surface area (Å²) in [5.74, 6) is -0.270. The van der Waals surface area contributed by atoms with Gasteiger partial charge in [0.25, 0.3) is 0 Å². The normalized spacial score (nSPS) is 22.1. The van der Waals surface area contributed by atoms with E-state index in [2.05, 4.69) is 4.99 Å². The van der Waals surface area contributed by atoms with Crippen LogP contribution in [0.15, 0.2) is 35.3 Å². The van der Waals surface area contributed by atoms with Crippen LogP contribution in [0.3, 0.4) is 0 Å². The van der Waals surface area contributed by atoms with Crippen molar-refractivity contribution in [3.8, 4) is 0 Å². The van der Waals surface area contributed by atoms with Crippen LogP contribution in [0, 0.1) is 0 Å². The summed E-state index contributed by atoms with van der Waals surface area (Å²) >= 11 is 1.62. The average Bonchev–Trinajstić information content (AvgIpc) is 2.65. The van der Waals surface area contributed by atoms with Crippen LogP contribution in [0.4, 0.5) is 0 Å². The maximum absolute atomic E-state index is 11.7. The second-order valence-electron chi connectivity index (χ2n) is 4.43. The predicted molar refractivity (Wildman–Crippen MR) is 70.5 cm³/mol. The van der Waals surface area contributed by atoms with Crippen molar-refractivity contribution in [2.45, 2.75) is 24.6 Å². The van der Waals surface area contributed by atoms with Gasteiger partial charge in [-0.15, -0.1) is 0 Å². The van der Waals surface area contributed by atoms with Crippen LogP contribution in [-0.2, 0) is 9.53 Å². The van der Waals surface area contributed by atoms with Gasteiger partial charge in [-0.05, 0) is 13.8 Å². The molecule has 0 spiro atoms. The highest BCUT2D eigenvalue weighted by Crippen LogP contribution is 2.40. The van der Waals surface area contributed by atoms with E-state index in [1.54, 1.807) is 11.8 Å². The topological polar surface area (TPSA) is 38.7 Å². The van der Waals surface area contributed by atoms with Crippen molar-refractivity contribution in [1.29, 1.82) is 0 Å². The first-order valence-electron chi connectivity index (χ1n) is 5.44. The van der Waals surface area contributed by atoms with Crippen LogP contribution in [0.5, 0.6) is 0 Å². The maximum atomic E-state index is 11.7. The van der Waals surface area contributed by atoms with E-state index in [4.69, 9.17) is 4.74 Å². The molecule has 0 amide bonds. The fourth-order valence-corrected chi connectivity index (χ4v) is 2.94. The third-order valence-corrected chi connectivity index (χ3v) is 3.99. The van der Waals surface area contributed by atoms with Crippen LogP contribution in [0.1, 0.15) is 19.4 Å². The lowest BCUT2D eigenvalue weighted by atomic mass is 10.0. The molecule has 3 nitrogen and oxygen atoms in total. The Hall–Kier alpha value is -1.29. The molecule has 0 unspecified atom stereocenters. The maximum Gasteiger partial charge on any atom is 0.332 e. The van der Waals surface area contributed by atoms with Gasteiger partial charge >= 0.3 is 5.97 Å². The molecule has 1 aromatic rings. The first-order chi connectivity index (χ1) is 8.04. The van der Waals surface area contributed by atoms with Crippen molar-refractivity contribution in [2.24, 2.45) is 4.99 Å². The molecule has 1 heterocycles. The number of esters is 1. The van der Waals surface area contributed by atoms with Gasteiger partial charge < -0.3 is 4.74 Å². The molecule has 0 saturated carbocycles. The lowest BCUT2D eigenvalue weighted by Gasteiger charge is -2.21. The molecule has 0 aliphatic carbocycles. The smallest absolute Gasteiger partial charge is 0.332 e. The standard InChI is InChI=1S/C13H15NO2S/c1-13(2)10(12(15)16-3)14-11(17-13)9-7-5-4-6-8-9/h4-8,10H,1-3H3/t10-/m0/s1. The van der Waals surface area contributed by atoms with Gasteiger partial charge in [0.2, 0.25) is 0 Å². The van der Waals surface area contributed by atoms with Crippen LogP contribution in [-0.4, -0.2) is 28.9 Å². The van der Waals surface area contributed by atoms with E-state index in [-0.39, 0.29) is 10.7 Å². The number of ether oxygens (including phenoxy) is 1. The Morgan fingerprint density at radius 2 is 2.00 bits per heavy atom. The van der Waals surface area contributed by atoms with Gasteiger partial charge in [0, 0.05) is 10.3 Å². The highest BCUT2D eigenvalue weighted by Gasteiger charge is 2.43. The molecule has 1 aromatic carbocycles. The van der Waals surface area contributed by atoms with Crippen LogP contribution >= 0.6 is 11.8 Å². The van der Waals surface area contributed by atoms with Crippen LogP contribution in [0.2, 0.25) is 0 Å². The number of nitrogens with zero attached hydrogens (tertiary/aromatic N) is 1. The summed E-state index contributed by atoms with van der Waals surface area (Å²) in [6.45, 7) is 4.03. The third kappa shape index (κ3) is 2.36. The molecule has 0 fully saturated rings. The predicted octanol–water partition coefficient (Wildman–Crippen LogP) is 2.50. The van der Waals surface area contributed by atoms with E-state index < -0.39 is 6.04 Å². The zero-order valence-corrected chi connectivity index (χ0v) is 11.0. The van der Waals surface area contributed by atoms with E-state index in [0.717, 1.165) is 10.6 Å². The average molecular weight is 249 g/mol. The number of rotatable bonds is 2. The minimum Gasteiger partial charge on any atom is -0.467 e. The summed E-state index contributed by atoms with van der Waals surface area (Å²) in [5.41, 5.74) is 1.05. The first-order valence-corrected chi connectivity index (χ1v) is 6.26. The Balaban J connectivity index is 2.31. The molecule has 0 saturated heterocycles. The number of hydrogen-bond acceptors (Lipinski definition) is 4. The monoisotopic (exact) mass is 249 g/mol. The Bertz CT molecular complexity index is 454. The molecule has 17 heavy (non-hydrogen) atoms. The van der Waals surface area contributed by atoms with Crippen molar-refractivity contribution in [3.05, 3.63) is 35.9 Å². The molecule has 0 bridgehead atoms. The van der Waals surface area contributed by atoms with Crippen molar-refractivity contribution in [2.75, 3.05) is 7.11 Å². The number of carbonyl (C=O) groups excluding carboxylic acids is 1. The van der Waals surface area contributed by atoms with Crippen LogP contribution in [0.25, 0.3) is 0 Å².